The van der Waals surface area contributed by atoms with Crippen molar-refractivity contribution < 1.29 is 13.6 Å². The SMILES string of the molecule is CCN(c1cccc(C)c1)c1cncc(C(=O)Nc2ccc(F)cc2F)c1. The Bertz CT molecular complexity index is 975. The van der Waals surface area contributed by atoms with E-state index in [0.29, 0.717) is 6.54 Å². The quantitative estimate of drug-likeness (QED) is 0.684. The highest BCUT2D eigenvalue weighted by molar-refractivity contribution is 6.04. The fraction of sp³-hybridized carbons (Fsp3) is 0.143. The molecule has 1 N–H and O–H groups in total. The Hall–Kier alpha value is -3.28. The summed E-state index contributed by atoms with van der Waals surface area (Å²) in [6.45, 7) is 4.70. The third-order valence-electron chi connectivity index (χ3n) is 4.11. The molecule has 0 spiro atoms. The molecule has 1 aromatic heterocycles. The van der Waals surface area contributed by atoms with Crippen LogP contribution in [0.1, 0.15) is 22.8 Å². The van der Waals surface area contributed by atoms with Gasteiger partial charge in [-0.1, -0.05) is 12.1 Å². The standard InChI is InChI=1S/C21H19F2N3O/c1-3-26(17-6-4-5-14(2)9-17)18-10-15(12-24-13-18)21(27)25-20-8-7-16(22)11-19(20)23/h4-13H,3H2,1-2H3,(H,25,27). The maximum Gasteiger partial charge on any atom is 0.257 e. The van der Waals surface area contributed by atoms with Gasteiger partial charge in [0.15, 0.2) is 0 Å². The van der Waals surface area contributed by atoms with Crippen LogP contribution in [0.2, 0.25) is 0 Å². The minimum absolute atomic E-state index is 0.0853. The van der Waals surface area contributed by atoms with Crippen molar-refractivity contribution in [1.82, 2.24) is 4.98 Å². The fourth-order valence-corrected chi connectivity index (χ4v) is 2.79. The van der Waals surface area contributed by atoms with Crippen LogP contribution < -0.4 is 10.2 Å². The zero-order valence-corrected chi connectivity index (χ0v) is 15.0. The van der Waals surface area contributed by atoms with Crippen molar-refractivity contribution in [1.29, 1.82) is 0 Å². The van der Waals surface area contributed by atoms with Gasteiger partial charge in [-0.2, -0.15) is 0 Å². The number of carbonyl (C=O) groups excluding carboxylic acids is 1. The molecule has 1 heterocycles. The van der Waals surface area contributed by atoms with Crippen LogP contribution in [0.25, 0.3) is 0 Å². The fourth-order valence-electron chi connectivity index (χ4n) is 2.79. The Balaban J connectivity index is 1.86. The molecular formula is C21H19F2N3O. The largest absolute Gasteiger partial charge is 0.340 e. The summed E-state index contributed by atoms with van der Waals surface area (Å²) < 4.78 is 26.8. The summed E-state index contributed by atoms with van der Waals surface area (Å²) in [5.74, 6) is -2.05. The second-order valence-corrected chi connectivity index (χ2v) is 6.09. The van der Waals surface area contributed by atoms with E-state index >= 15 is 0 Å². The number of benzene rings is 2. The van der Waals surface area contributed by atoms with E-state index in [9.17, 15) is 13.6 Å². The summed E-state index contributed by atoms with van der Waals surface area (Å²) in [5, 5.41) is 2.45. The number of nitrogens with one attached hydrogen (secondary N) is 1. The van der Waals surface area contributed by atoms with Gasteiger partial charge in [0.05, 0.1) is 23.1 Å². The van der Waals surface area contributed by atoms with Crippen molar-refractivity contribution >= 4 is 23.0 Å². The number of rotatable bonds is 5. The van der Waals surface area contributed by atoms with Crippen molar-refractivity contribution in [2.45, 2.75) is 13.8 Å². The van der Waals surface area contributed by atoms with E-state index in [-0.39, 0.29) is 11.3 Å². The van der Waals surface area contributed by atoms with Crippen molar-refractivity contribution in [3.8, 4) is 0 Å². The predicted molar refractivity (Wildman–Crippen MR) is 102 cm³/mol. The number of hydrogen-bond acceptors (Lipinski definition) is 3. The van der Waals surface area contributed by atoms with E-state index in [1.807, 2.05) is 43.0 Å². The van der Waals surface area contributed by atoms with Gasteiger partial charge in [-0.15, -0.1) is 0 Å². The second kappa shape index (κ2) is 7.95. The monoisotopic (exact) mass is 367 g/mol. The average molecular weight is 367 g/mol. The van der Waals surface area contributed by atoms with E-state index < -0.39 is 17.5 Å². The first kappa shape index (κ1) is 18.5. The number of carbonyl (C=O) groups is 1. The molecule has 0 atom stereocenters. The van der Waals surface area contributed by atoms with Crippen molar-refractivity contribution in [3.05, 3.63) is 83.7 Å². The van der Waals surface area contributed by atoms with Crippen LogP contribution in [0.3, 0.4) is 0 Å². The van der Waals surface area contributed by atoms with Crippen molar-refractivity contribution in [2.24, 2.45) is 0 Å². The van der Waals surface area contributed by atoms with Crippen LogP contribution in [0.15, 0.2) is 60.9 Å². The molecule has 0 aliphatic rings. The van der Waals surface area contributed by atoms with E-state index in [1.165, 1.54) is 12.3 Å². The van der Waals surface area contributed by atoms with Gasteiger partial charge in [-0.05, 0) is 49.7 Å². The summed E-state index contributed by atoms with van der Waals surface area (Å²) in [7, 11) is 0. The van der Waals surface area contributed by atoms with Crippen LogP contribution >= 0.6 is 0 Å². The topological polar surface area (TPSA) is 45.2 Å². The zero-order chi connectivity index (χ0) is 19.4. The average Bonchev–Trinajstić information content (AvgIpc) is 2.65. The molecule has 0 radical (unpaired) electrons. The minimum Gasteiger partial charge on any atom is -0.340 e. The molecule has 27 heavy (non-hydrogen) atoms. The number of amides is 1. The van der Waals surface area contributed by atoms with Crippen LogP contribution in [-0.2, 0) is 0 Å². The zero-order valence-electron chi connectivity index (χ0n) is 15.0. The molecule has 3 rings (SSSR count). The first-order valence-electron chi connectivity index (χ1n) is 8.53. The highest BCUT2D eigenvalue weighted by atomic mass is 19.1. The molecular weight excluding hydrogens is 348 g/mol. The lowest BCUT2D eigenvalue weighted by Gasteiger charge is -2.23. The molecule has 2 aromatic carbocycles. The lowest BCUT2D eigenvalue weighted by atomic mass is 10.1. The van der Waals surface area contributed by atoms with Crippen LogP contribution in [-0.4, -0.2) is 17.4 Å². The lowest BCUT2D eigenvalue weighted by molar-refractivity contribution is 0.102. The third-order valence-corrected chi connectivity index (χ3v) is 4.11. The van der Waals surface area contributed by atoms with E-state index in [2.05, 4.69) is 10.3 Å². The molecule has 0 aliphatic heterocycles. The summed E-state index contributed by atoms with van der Waals surface area (Å²) >= 11 is 0. The number of aromatic nitrogens is 1. The molecule has 1 amide bonds. The molecule has 0 fully saturated rings. The number of aryl methyl sites for hydroxylation is 1. The Kier molecular flexibility index (Phi) is 5.45. The lowest BCUT2D eigenvalue weighted by Crippen LogP contribution is -2.18. The molecule has 138 valence electrons. The van der Waals surface area contributed by atoms with Crippen molar-refractivity contribution in [3.63, 3.8) is 0 Å². The number of anilines is 3. The summed E-state index contributed by atoms with van der Waals surface area (Å²) in [6.07, 6.45) is 3.07. The predicted octanol–water partition coefficient (Wildman–Crippen LogP) is 5.08. The first-order valence-corrected chi connectivity index (χ1v) is 8.53. The van der Waals surface area contributed by atoms with Gasteiger partial charge in [0.25, 0.3) is 5.91 Å². The Morgan fingerprint density at radius 2 is 1.89 bits per heavy atom. The van der Waals surface area contributed by atoms with Gasteiger partial charge < -0.3 is 10.2 Å². The maximum absolute atomic E-state index is 13.8. The molecule has 0 saturated carbocycles. The van der Waals surface area contributed by atoms with Gasteiger partial charge in [0.2, 0.25) is 0 Å². The normalized spacial score (nSPS) is 10.5. The summed E-state index contributed by atoms with van der Waals surface area (Å²) in [5.41, 5.74) is 3.05. The number of hydrogen-bond donors (Lipinski definition) is 1. The first-order chi connectivity index (χ1) is 13.0. The van der Waals surface area contributed by atoms with E-state index in [1.54, 1.807) is 12.3 Å². The molecule has 3 aromatic rings. The third kappa shape index (κ3) is 4.28. The summed E-state index contributed by atoms with van der Waals surface area (Å²) in [4.78, 5) is 18.6. The number of halogens is 2. The van der Waals surface area contributed by atoms with Gasteiger partial charge >= 0.3 is 0 Å². The second-order valence-electron chi connectivity index (χ2n) is 6.09. The Morgan fingerprint density at radius 1 is 1.07 bits per heavy atom. The number of nitrogens with zero attached hydrogens (tertiary/aromatic N) is 2. The van der Waals surface area contributed by atoms with E-state index in [4.69, 9.17) is 0 Å². The molecule has 0 unspecified atom stereocenters. The van der Waals surface area contributed by atoms with Crippen molar-refractivity contribution in [2.75, 3.05) is 16.8 Å². The number of pyridine rings is 1. The van der Waals surface area contributed by atoms with E-state index in [0.717, 1.165) is 29.1 Å². The Morgan fingerprint density at radius 3 is 2.59 bits per heavy atom. The van der Waals surface area contributed by atoms with Crippen LogP contribution in [0.5, 0.6) is 0 Å². The van der Waals surface area contributed by atoms with Crippen LogP contribution in [0.4, 0.5) is 25.8 Å². The van der Waals surface area contributed by atoms with Gasteiger partial charge in [-0.25, -0.2) is 8.78 Å². The highest BCUT2D eigenvalue weighted by Crippen LogP contribution is 2.26. The smallest absolute Gasteiger partial charge is 0.257 e. The summed E-state index contributed by atoms with van der Waals surface area (Å²) in [6, 6.07) is 12.7. The highest BCUT2D eigenvalue weighted by Gasteiger charge is 2.14. The minimum atomic E-state index is -0.831. The van der Waals surface area contributed by atoms with Gasteiger partial charge in [0, 0.05) is 24.5 Å². The molecule has 4 nitrogen and oxygen atoms in total. The molecule has 6 heteroatoms. The van der Waals surface area contributed by atoms with Gasteiger partial charge in [-0.3, -0.25) is 9.78 Å². The molecule has 0 saturated heterocycles. The van der Waals surface area contributed by atoms with Gasteiger partial charge in [0.1, 0.15) is 11.6 Å². The molecule has 0 bridgehead atoms. The maximum atomic E-state index is 13.8. The Labute approximate surface area is 156 Å². The molecule has 0 aliphatic carbocycles. The van der Waals surface area contributed by atoms with Crippen LogP contribution in [0, 0.1) is 18.6 Å².